The fraction of sp³-hybridized carbons (Fsp3) is 0.467. The van der Waals surface area contributed by atoms with Crippen molar-refractivity contribution >= 4 is 22.4 Å². The van der Waals surface area contributed by atoms with E-state index >= 15 is 0 Å². The average molecular weight is 387 g/mol. The van der Waals surface area contributed by atoms with Gasteiger partial charge < -0.3 is 5.32 Å². The Morgan fingerprint density at radius 3 is 2.92 bits per heavy atom. The molecule has 0 bridgehead atoms. The van der Waals surface area contributed by atoms with Crippen LogP contribution >= 0.6 is 12.4 Å². The number of halogens is 1. The Kier molecular flexibility index (Phi) is 6.91. The summed E-state index contributed by atoms with van der Waals surface area (Å²) < 4.78 is 28.6. The van der Waals surface area contributed by atoms with E-state index in [0.29, 0.717) is 13.1 Å². The lowest BCUT2D eigenvalue weighted by Crippen LogP contribution is -2.48. The molecular weight excluding hydrogens is 364 g/mol. The van der Waals surface area contributed by atoms with Gasteiger partial charge in [0.15, 0.2) is 0 Å². The average Bonchev–Trinajstić information content (AvgIpc) is 3.03. The lowest BCUT2D eigenvalue weighted by molar-refractivity contribution is 0.165. The molecule has 0 radical (unpaired) electrons. The van der Waals surface area contributed by atoms with Gasteiger partial charge in [0.2, 0.25) is 10.0 Å². The predicted octanol–water partition coefficient (Wildman–Crippen LogP) is 0.162. The highest BCUT2D eigenvalue weighted by Crippen LogP contribution is 2.20. The van der Waals surface area contributed by atoms with Crippen molar-refractivity contribution in [1.82, 2.24) is 29.7 Å². The summed E-state index contributed by atoms with van der Waals surface area (Å²) in [6, 6.07) is 4.18. The molecule has 8 nitrogen and oxygen atoms in total. The van der Waals surface area contributed by atoms with Gasteiger partial charge in [0.25, 0.3) is 0 Å². The molecule has 0 spiro atoms. The van der Waals surface area contributed by atoms with Gasteiger partial charge in [-0.05, 0) is 11.6 Å². The maximum atomic E-state index is 12.2. The van der Waals surface area contributed by atoms with Crippen molar-refractivity contribution in [2.24, 2.45) is 7.05 Å². The van der Waals surface area contributed by atoms with E-state index in [1.54, 1.807) is 13.2 Å². The van der Waals surface area contributed by atoms with Crippen molar-refractivity contribution < 1.29 is 8.42 Å². The van der Waals surface area contributed by atoms with E-state index in [1.807, 2.05) is 12.3 Å². The highest BCUT2D eigenvalue weighted by atomic mass is 35.5. The number of hydrogen-bond acceptors (Lipinski definition) is 6. The number of aryl methyl sites for hydroxylation is 1. The summed E-state index contributed by atoms with van der Waals surface area (Å²) in [5.74, 6) is 0. The van der Waals surface area contributed by atoms with Crippen molar-refractivity contribution in [3.05, 3.63) is 42.5 Å². The molecule has 1 fully saturated rings. The van der Waals surface area contributed by atoms with Gasteiger partial charge in [-0.15, -0.1) is 12.4 Å². The van der Waals surface area contributed by atoms with E-state index < -0.39 is 10.0 Å². The predicted molar refractivity (Wildman–Crippen MR) is 97.1 cm³/mol. The van der Waals surface area contributed by atoms with Crippen molar-refractivity contribution in [2.45, 2.75) is 10.9 Å². The summed E-state index contributed by atoms with van der Waals surface area (Å²) in [5, 5.41) is 7.28. The molecule has 0 amide bonds. The van der Waals surface area contributed by atoms with Gasteiger partial charge >= 0.3 is 0 Å². The zero-order chi connectivity index (χ0) is 17.0. The van der Waals surface area contributed by atoms with Crippen molar-refractivity contribution in [1.29, 1.82) is 0 Å². The van der Waals surface area contributed by atoms with Crippen LogP contribution in [0.2, 0.25) is 0 Å². The van der Waals surface area contributed by atoms with Crippen LogP contribution in [0.1, 0.15) is 11.6 Å². The number of sulfonamides is 1. The van der Waals surface area contributed by atoms with Crippen LogP contribution in [0.4, 0.5) is 0 Å². The monoisotopic (exact) mass is 386 g/mol. The number of hydrogen-bond donors (Lipinski definition) is 2. The van der Waals surface area contributed by atoms with Crippen LogP contribution in [0.5, 0.6) is 0 Å². The summed E-state index contributed by atoms with van der Waals surface area (Å²) in [6.45, 7) is 3.59. The molecule has 0 aromatic carbocycles. The Morgan fingerprint density at radius 1 is 1.40 bits per heavy atom. The first-order valence-electron chi connectivity index (χ1n) is 7.89. The van der Waals surface area contributed by atoms with E-state index in [2.05, 4.69) is 31.1 Å². The highest BCUT2D eigenvalue weighted by Gasteiger charge is 2.24. The molecule has 0 aliphatic carbocycles. The molecule has 1 saturated heterocycles. The molecule has 25 heavy (non-hydrogen) atoms. The summed E-state index contributed by atoms with van der Waals surface area (Å²) in [6.07, 6.45) is 6.47. The van der Waals surface area contributed by atoms with Crippen LogP contribution in [0, 0.1) is 0 Å². The van der Waals surface area contributed by atoms with Crippen molar-refractivity contribution in [3.8, 4) is 0 Å². The molecule has 138 valence electrons. The molecule has 10 heteroatoms. The lowest BCUT2D eigenvalue weighted by atomic mass is 10.1. The number of nitrogens with zero attached hydrogens (tertiary/aromatic N) is 4. The first-order chi connectivity index (χ1) is 11.6. The second kappa shape index (κ2) is 8.72. The standard InChI is InChI=1S/C15H22N6O2S.ClH/c1-20-12-14(10-18-20)24(22,23)19-6-8-21-7-5-17-11-15(21)13-3-2-4-16-9-13;/h2-4,9-10,12,15,17,19H,5-8,11H2,1H3;1H. The minimum atomic E-state index is -3.51. The molecule has 3 heterocycles. The van der Waals surface area contributed by atoms with Gasteiger partial charge in [0.1, 0.15) is 4.90 Å². The topological polar surface area (TPSA) is 92.2 Å². The number of piperazine rings is 1. The van der Waals surface area contributed by atoms with Crippen LogP contribution in [0.3, 0.4) is 0 Å². The Hall–Kier alpha value is -1.52. The number of rotatable bonds is 6. The minimum Gasteiger partial charge on any atom is -0.314 e. The molecule has 1 atom stereocenters. The molecule has 2 aromatic rings. The maximum Gasteiger partial charge on any atom is 0.243 e. The Balaban J connectivity index is 0.00000225. The molecule has 1 aliphatic rings. The van der Waals surface area contributed by atoms with Gasteiger partial charge in [-0.2, -0.15) is 5.10 Å². The smallest absolute Gasteiger partial charge is 0.243 e. The van der Waals surface area contributed by atoms with Gasteiger partial charge in [-0.1, -0.05) is 6.07 Å². The second-order valence-electron chi connectivity index (χ2n) is 5.79. The fourth-order valence-electron chi connectivity index (χ4n) is 2.86. The highest BCUT2D eigenvalue weighted by molar-refractivity contribution is 7.89. The first kappa shape index (κ1) is 19.8. The molecular formula is C15H23ClN6O2S. The van der Waals surface area contributed by atoms with Crippen LogP contribution in [0.25, 0.3) is 0 Å². The van der Waals surface area contributed by atoms with E-state index in [4.69, 9.17) is 0 Å². The summed E-state index contributed by atoms with van der Waals surface area (Å²) in [4.78, 5) is 6.65. The second-order valence-corrected chi connectivity index (χ2v) is 7.56. The Bertz CT molecular complexity index is 767. The van der Waals surface area contributed by atoms with Crippen LogP contribution < -0.4 is 10.0 Å². The molecule has 0 saturated carbocycles. The fourth-order valence-corrected chi connectivity index (χ4v) is 3.86. The van der Waals surface area contributed by atoms with E-state index in [0.717, 1.165) is 25.2 Å². The van der Waals surface area contributed by atoms with Crippen LogP contribution in [0.15, 0.2) is 41.8 Å². The van der Waals surface area contributed by atoms with E-state index in [-0.39, 0.29) is 23.3 Å². The minimum absolute atomic E-state index is 0. The van der Waals surface area contributed by atoms with E-state index in [1.165, 1.54) is 17.1 Å². The molecule has 3 rings (SSSR count). The third-order valence-electron chi connectivity index (χ3n) is 4.11. The third kappa shape index (κ3) is 4.99. The number of pyridine rings is 1. The maximum absolute atomic E-state index is 12.2. The first-order valence-corrected chi connectivity index (χ1v) is 9.37. The van der Waals surface area contributed by atoms with Crippen molar-refractivity contribution in [3.63, 3.8) is 0 Å². The van der Waals surface area contributed by atoms with Gasteiger partial charge in [0.05, 0.1) is 6.20 Å². The number of aromatic nitrogens is 3. The molecule has 1 unspecified atom stereocenters. The Labute approximate surface area is 154 Å². The summed E-state index contributed by atoms with van der Waals surface area (Å²) >= 11 is 0. The molecule has 2 N–H and O–H groups in total. The Morgan fingerprint density at radius 2 is 2.24 bits per heavy atom. The summed E-state index contributed by atoms with van der Waals surface area (Å²) in [7, 11) is -1.82. The lowest BCUT2D eigenvalue weighted by Gasteiger charge is -2.36. The summed E-state index contributed by atoms with van der Waals surface area (Å²) in [5.41, 5.74) is 1.14. The zero-order valence-corrected chi connectivity index (χ0v) is 15.6. The normalized spacial score (nSPS) is 18.7. The molecule has 1 aliphatic heterocycles. The van der Waals surface area contributed by atoms with E-state index in [9.17, 15) is 8.42 Å². The molecule has 2 aromatic heterocycles. The van der Waals surface area contributed by atoms with Gasteiger partial charge in [-0.25, -0.2) is 13.1 Å². The van der Waals surface area contributed by atoms with Crippen molar-refractivity contribution in [2.75, 3.05) is 32.7 Å². The van der Waals surface area contributed by atoms with Gasteiger partial charge in [0, 0.05) is 64.4 Å². The van der Waals surface area contributed by atoms with Crippen LogP contribution in [-0.4, -0.2) is 60.8 Å². The zero-order valence-electron chi connectivity index (χ0n) is 14.0. The quantitative estimate of drug-likeness (QED) is 0.734. The largest absolute Gasteiger partial charge is 0.314 e. The van der Waals surface area contributed by atoms with Gasteiger partial charge in [-0.3, -0.25) is 14.6 Å². The number of nitrogens with one attached hydrogen (secondary N) is 2. The van der Waals surface area contributed by atoms with Crippen LogP contribution in [-0.2, 0) is 17.1 Å². The SMILES string of the molecule is Cl.Cn1cc(S(=O)(=O)NCCN2CCNCC2c2cccnc2)cn1. The third-order valence-corrected chi connectivity index (χ3v) is 5.52.